The summed E-state index contributed by atoms with van der Waals surface area (Å²) in [5, 5.41) is 13.0. The van der Waals surface area contributed by atoms with E-state index in [1.54, 1.807) is 0 Å². The van der Waals surface area contributed by atoms with Crippen LogP contribution in [0.2, 0.25) is 0 Å². The molecule has 0 bridgehead atoms. The zero-order valence-corrected chi connectivity index (χ0v) is 12.1. The van der Waals surface area contributed by atoms with E-state index in [4.69, 9.17) is 0 Å². The van der Waals surface area contributed by atoms with Gasteiger partial charge in [-0.3, -0.25) is 0 Å². The van der Waals surface area contributed by atoms with Gasteiger partial charge in [0, 0.05) is 31.4 Å². The Morgan fingerprint density at radius 3 is 2.95 bits per heavy atom. The van der Waals surface area contributed by atoms with Crippen LogP contribution in [0.3, 0.4) is 0 Å². The second-order valence-electron chi connectivity index (χ2n) is 5.40. The highest BCUT2D eigenvalue weighted by Crippen LogP contribution is 2.23. The Morgan fingerprint density at radius 1 is 1.47 bits per heavy atom. The van der Waals surface area contributed by atoms with E-state index in [2.05, 4.69) is 34.0 Å². The highest BCUT2D eigenvalue weighted by Gasteiger charge is 2.25. The number of nitrogens with zero attached hydrogens (tertiary/aromatic N) is 3. The van der Waals surface area contributed by atoms with Crippen LogP contribution in [0.1, 0.15) is 32.4 Å². The number of aromatic nitrogens is 2. The number of aliphatic hydroxyl groups excluding tert-OH is 1. The standard InChI is InChI=1S/C14H24N4O/c1-4-6-15-14-16-11(3)8-13(17-14)18-7-5-12(19)10(2)9-18/h8,10,12,19H,4-7,9H2,1-3H3,(H,15,16,17). The van der Waals surface area contributed by atoms with E-state index in [1.807, 2.05) is 13.0 Å². The van der Waals surface area contributed by atoms with Crippen molar-refractivity contribution in [3.63, 3.8) is 0 Å². The van der Waals surface area contributed by atoms with Crippen LogP contribution in [-0.2, 0) is 0 Å². The van der Waals surface area contributed by atoms with E-state index in [1.165, 1.54) is 0 Å². The third-order valence-corrected chi connectivity index (χ3v) is 3.56. The van der Waals surface area contributed by atoms with E-state index in [-0.39, 0.29) is 12.0 Å². The van der Waals surface area contributed by atoms with Gasteiger partial charge in [-0.05, 0) is 25.7 Å². The van der Waals surface area contributed by atoms with Gasteiger partial charge in [0.25, 0.3) is 0 Å². The highest BCUT2D eigenvalue weighted by molar-refractivity contribution is 5.45. The summed E-state index contributed by atoms with van der Waals surface area (Å²) in [6.45, 7) is 8.79. The molecule has 1 aromatic rings. The molecule has 0 saturated carbocycles. The van der Waals surface area contributed by atoms with Crippen molar-refractivity contribution < 1.29 is 5.11 Å². The lowest BCUT2D eigenvalue weighted by Gasteiger charge is -2.35. The lowest BCUT2D eigenvalue weighted by atomic mass is 9.97. The normalized spacial score (nSPS) is 23.5. The van der Waals surface area contributed by atoms with E-state index in [9.17, 15) is 5.11 Å². The second kappa shape index (κ2) is 6.19. The topological polar surface area (TPSA) is 61.3 Å². The first kappa shape index (κ1) is 14.1. The predicted octanol–water partition coefficient (Wildman–Crippen LogP) is 1.81. The summed E-state index contributed by atoms with van der Waals surface area (Å²) in [5.74, 6) is 1.96. The highest BCUT2D eigenvalue weighted by atomic mass is 16.3. The van der Waals surface area contributed by atoms with Crippen LogP contribution >= 0.6 is 0 Å². The summed E-state index contributed by atoms with van der Waals surface area (Å²) in [6, 6.07) is 2.02. The van der Waals surface area contributed by atoms with Gasteiger partial charge in [-0.15, -0.1) is 0 Å². The van der Waals surface area contributed by atoms with Crippen LogP contribution in [-0.4, -0.2) is 40.8 Å². The summed E-state index contributed by atoms with van der Waals surface area (Å²) >= 11 is 0. The van der Waals surface area contributed by atoms with Crippen LogP contribution in [0.25, 0.3) is 0 Å². The quantitative estimate of drug-likeness (QED) is 0.868. The maximum absolute atomic E-state index is 9.80. The number of aliphatic hydroxyl groups is 1. The first-order chi connectivity index (χ1) is 9.10. The van der Waals surface area contributed by atoms with Crippen molar-refractivity contribution in [3.8, 4) is 0 Å². The van der Waals surface area contributed by atoms with Gasteiger partial charge in [0.2, 0.25) is 5.95 Å². The van der Waals surface area contributed by atoms with Gasteiger partial charge < -0.3 is 15.3 Å². The maximum atomic E-state index is 9.80. The number of rotatable bonds is 4. The first-order valence-electron chi connectivity index (χ1n) is 7.12. The molecule has 2 heterocycles. The average Bonchev–Trinajstić information content (AvgIpc) is 2.39. The largest absolute Gasteiger partial charge is 0.393 e. The monoisotopic (exact) mass is 264 g/mol. The second-order valence-corrected chi connectivity index (χ2v) is 5.40. The van der Waals surface area contributed by atoms with E-state index in [0.717, 1.165) is 44.0 Å². The minimum atomic E-state index is -0.183. The fourth-order valence-electron chi connectivity index (χ4n) is 2.37. The molecule has 0 aromatic carbocycles. The Kier molecular flexibility index (Phi) is 4.58. The van der Waals surface area contributed by atoms with Crippen molar-refractivity contribution in [3.05, 3.63) is 11.8 Å². The Hall–Kier alpha value is -1.36. The predicted molar refractivity (Wildman–Crippen MR) is 77.6 cm³/mol. The third kappa shape index (κ3) is 3.56. The lowest BCUT2D eigenvalue weighted by Crippen LogP contribution is -2.42. The molecular formula is C14H24N4O. The van der Waals surface area contributed by atoms with Gasteiger partial charge in [0.1, 0.15) is 5.82 Å². The van der Waals surface area contributed by atoms with Crippen molar-refractivity contribution in [2.24, 2.45) is 5.92 Å². The Bertz CT molecular complexity index is 424. The van der Waals surface area contributed by atoms with E-state index in [0.29, 0.717) is 5.95 Å². The molecule has 0 radical (unpaired) electrons. The molecule has 19 heavy (non-hydrogen) atoms. The zero-order chi connectivity index (χ0) is 13.8. The number of hydrogen-bond acceptors (Lipinski definition) is 5. The smallest absolute Gasteiger partial charge is 0.224 e. The van der Waals surface area contributed by atoms with Gasteiger partial charge in [-0.1, -0.05) is 13.8 Å². The van der Waals surface area contributed by atoms with E-state index < -0.39 is 0 Å². The third-order valence-electron chi connectivity index (χ3n) is 3.56. The van der Waals surface area contributed by atoms with Crippen molar-refractivity contribution in [1.29, 1.82) is 0 Å². The average molecular weight is 264 g/mol. The molecule has 0 amide bonds. The summed E-state index contributed by atoms with van der Waals surface area (Å²) in [5.41, 5.74) is 0.974. The molecule has 5 heteroatoms. The van der Waals surface area contributed by atoms with E-state index >= 15 is 0 Å². The number of hydrogen-bond donors (Lipinski definition) is 2. The molecule has 1 aliphatic rings. The van der Waals surface area contributed by atoms with Gasteiger partial charge in [0.15, 0.2) is 0 Å². The molecule has 1 aromatic heterocycles. The molecule has 1 saturated heterocycles. The van der Waals surface area contributed by atoms with Crippen molar-refractivity contribution in [1.82, 2.24) is 9.97 Å². The van der Waals surface area contributed by atoms with Crippen molar-refractivity contribution in [2.75, 3.05) is 29.9 Å². The fraction of sp³-hybridized carbons (Fsp3) is 0.714. The SMILES string of the molecule is CCCNc1nc(C)cc(N2CCC(O)C(C)C2)n1. The summed E-state index contributed by atoms with van der Waals surface area (Å²) in [4.78, 5) is 11.2. The van der Waals surface area contributed by atoms with Crippen molar-refractivity contribution >= 4 is 11.8 Å². The van der Waals surface area contributed by atoms with Crippen LogP contribution in [0.15, 0.2) is 6.07 Å². The van der Waals surface area contributed by atoms with Gasteiger partial charge in [-0.25, -0.2) is 4.98 Å². The van der Waals surface area contributed by atoms with Crippen LogP contribution in [0, 0.1) is 12.8 Å². The lowest BCUT2D eigenvalue weighted by molar-refractivity contribution is 0.0969. The number of anilines is 2. The maximum Gasteiger partial charge on any atom is 0.224 e. The van der Waals surface area contributed by atoms with Crippen molar-refractivity contribution in [2.45, 2.75) is 39.7 Å². The molecule has 2 rings (SSSR count). The molecule has 1 aliphatic heterocycles. The summed E-state index contributed by atoms with van der Waals surface area (Å²) in [6.07, 6.45) is 1.68. The minimum absolute atomic E-state index is 0.183. The molecule has 2 unspecified atom stereocenters. The van der Waals surface area contributed by atoms with Gasteiger partial charge in [-0.2, -0.15) is 4.98 Å². The fourth-order valence-corrected chi connectivity index (χ4v) is 2.37. The Labute approximate surface area is 115 Å². The van der Waals surface area contributed by atoms with Crippen LogP contribution < -0.4 is 10.2 Å². The molecule has 106 valence electrons. The molecule has 0 spiro atoms. The molecule has 2 atom stereocenters. The molecular weight excluding hydrogens is 240 g/mol. The Morgan fingerprint density at radius 2 is 2.26 bits per heavy atom. The zero-order valence-electron chi connectivity index (χ0n) is 12.1. The molecule has 0 aliphatic carbocycles. The number of nitrogens with one attached hydrogen (secondary N) is 1. The van der Waals surface area contributed by atoms with Gasteiger partial charge in [0.05, 0.1) is 6.10 Å². The minimum Gasteiger partial charge on any atom is -0.393 e. The number of piperidine rings is 1. The van der Waals surface area contributed by atoms with Crippen LogP contribution in [0.4, 0.5) is 11.8 Å². The molecule has 5 nitrogen and oxygen atoms in total. The number of aryl methyl sites for hydroxylation is 1. The summed E-state index contributed by atoms with van der Waals surface area (Å²) in [7, 11) is 0. The molecule has 2 N–H and O–H groups in total. The van der Waals surface area contributed by atoms with Crippen LogP contribution in [0.5, 0.6) is 0 Å². The van der Waals surface area contributed by atoms with Gasteiger partial charge >= 0.3 is 0 Å². The Balaban J connectivity index is 2.13. The summed E-state index contributed by atoms with van der Waals surface area (Å²) < 4.78 is 0. The first-order valence-corrected chi connectivity index (χ1v) is 7.12. The molecule has 1 fully saturated rings.